The summed E-state index contributed by atoms with van der Waals surface area (Å²) in [5, 5.41) is 3.12. The number of ether oxygens (including phenoxy) is 2. The van der Waals surface area contributed by atoms with E-state index < -0.39 is 0 Å². The lowest BCUT2D eigenvalue weighted by atomic mass is 10.1. The highest BCUT2D eigenvalue weighted by molar-refractivity contribution is 6.30. The lowest BCUT2D eigenvalue weighted by molar-refractivity contribution is 0.102. The third-order valence-electron chi connectivity index (χ3n) is 2.76. The average Bonchev–Trinajstić information content (AvgIpc) is 2.87. The number of aromatic nitrogens is 1. The van der Waals surface area contributed by atoms with E-state index in [1.807, 2.05) is 0 Å². The van der Waals surface area contributed by atoms with Crippen LogP contribution in [0.25, 0.3) is 0 Å². The van der Waals surface area contributed by atoms with E-state index in [0.29, 0.717) is 33.6 Å². The topological polar surface area (TPSA) is 86.5 Å². The van der Waals surface area contributed by atoms with E-state index in [-0.39, 0.29) is 12.7 Å². The van der Waals surface area contributed by atoms with Crippen molar-refractivity contribution in [2.75, 3.05) is 17.8 Å². The molecule has 0 fully saturated rings. The van der Waals surface area contributed by atoms with Crippen LogP contribution in [0.3, 0.4) is 0 Å². The van der Waals surface area contributed by atoms with Gasteiger partial charge < -0.3 is 20.5 Å². The van der Waals surface area contributed by atoms with Crippen molar-refractivity contribution in [1.82, 2.24) is 4.98 Å². The number of benzene rings is 1. The molecule has 1 amide bonds. The van der Waals surface area contributed by atoms with Gasteiger partial charge in [0.15, 0.2) is 11.5 Å². The summed E-state index contributed by atoms with van der Waals surface area (Å²) in [6.07, 6.45) is 1.44. The number of rotatable bonds is 2. The zero-order valence-corrected chi connectivity index (χ0v) is 11.0. The molecule has 2 aromatic rings. The van der Waals surface area contributed by atoms with Crippen LogP contribution >= 0.6 is 11.6 Å². The Hall–Kier alpha value is -2.47. The molecule has 0 bridgehead atoms. The summed E-state index contributed by atoms with van der Waals surface area (Å²) < 4.78 is 10.4. The predicted octanol–water partition coefficient (Wildman–Crippen LogP) is 2.30. The Bertz CT molecular complexity index is 673. The van der Waals surface area contributed by atoms with E-state index in [9.17, 15) is 4.79 Å². The molecule has 1 aromatic heterocycles. The first-order valence-electron chi connectivity index (χ1n) is 5.75. The number of pyridine rings is 1. The van der Waals surface area contributed by atoms with Crippen molar-refractivity contribution in [1.29, 1.82) is 0 Å². The molecular weight excluding hydrogens is 282 g/mol. The van der Waals surface area contributed by atoms with Crippen LogP contribution in [0.1, 0.15) is 10.4 Å². The van der Waals surface area contributed by atoms with E-state index >= 15 is 0 Å². The highest BCUT2D eigenvalue weighted by Crippen LogP contribution is 2.36. The second-order valence-electron chi connectivity index (χ2n) is 4.11. The molecule has 0 saturated carbocycles. The Balaban J connectivity index is 1.85. The number of carbonyl (C=O) groups excluding carboxylic acids is 1. The minimum Gasteiger partial charge on any atom is -0.454 e. The van der Waals surface area contributed by atoms with Crippen molar-refractivity contribution >= 4 is 29.0 Å². The lowest BCUT2D eigenvalue weighted by Crippen LogP contribution is -2.14. The molecule has 0 unspecified atom stereocenters. The summed E-state index contributed by atoms with van der Waals surface area (Å²) >= 11 is 5.73. The molecule has 102 valence electrons. The predicted molar refractivity (Wildman–Crippen MR) is 74.2 cm³/mol. The van der Waals surface area contributed by atoms with E-state index in [4.69, 9.17) is 26.8 Å². The van der Waals surface area contributed by atoms with Crippen LogP contribution in [0.15, 0.2) is 30.5 Å². The fourth-order valence-corrected chi connectivity index (χ4v) is 1.90. The minimum atomic E-state index is -0.379. The van der Waals surface area contributed by atoms with Gasteiger partial charge in [0.1, 0.15) is 5.82 Å². The largest absolute Gasteiger partial charge is 0.454 e. The van der Waals surface area contributed by atoms with Gasteiger partial charge in [0.25, 0.3) is 5.91 Å². The van der Waals surface area contributed by atoms with Crippen LogP contribution in [-0.4, -0.2) is 17.7 Å². The van der Waals surface area contributed by atoms with Crippen LogP contribution in [0.4, 0.5) is 11.5 Å². The van der Waals surface area contributed by atoms with Crippen molar-refractivity contribution in [2.45, 2.75) is 0 Å². The van der Waals surface area contributed by atoms with Gasteiger partial charge in [-0.2, -0.15) is 0 Å². The summed E-state index contributed by atoms with van der Waals surface area (Å²) in [5.74, 6) is 1.03. The van der Waals surface area contributed by atoms with Gasteiger partial charge in [0.05, 0.1) is 10.6 Å². The maximum Gasteiger partial charge on any atom is 0.259 e. The Morgan fingerprint density at radius 1 is 1.30 bits per heavy atom. The van der Waals surface area contributed by atoms with E-state index in [1.165, 1.54) is 6.20 Å². The molecule has 3 N–H and O–H groups in total. The summed E-state index contributed by atoms with van der Waals surface area (Å²) in [6, 6.07) is 6.34. The number of amides is 1. The zero-order valence-electron chi connectivity index (χ0n) is 10.2. The molecule has 7 heteroatoms. The number of fused-ring (bicyclic) bond motifs is 1. The van der Waals surface area contributed by atoms with Crippen LogP contribution in [-0.2, 0) is 0 Å². The number of nitrogens with two attached hydrogens (primary N) is 1. The second kappa shape index (κ2) is 4.90. The Morgan fingerprint density at radius 3 is 2.75 bits per heavy atom. The fraction of sp³-hybridized carbons (Fsp3) is 0.0769. The van der Waals surface area contributed by atoms with Gasteiger partial charge in [-0.3, -0.25) is 4.79 Å². The monoisotopic (exact) mass is 291 g/mol. The van der Waals surface area contributed by atoms with E-state index in [0.717, 1.165) is 0 Å². The normalized spacial score (nSPS) is 12.2. The van der Waals surface area contributed by atoms with Crippen molar-refractivity contribution in [3.05, 3.63) is 41.0 Å². The number of halogens is 1. The SMILES string of the molecule is Nc1cc2c(cc1C(=O)Nc1ccc(Cl)cn1)OCO2. The third-order valence-corrected chi connectivity index (χ3v) is 2.98. The number of hydrogen-bond acceptors (Lipinski definition) is 5. The number of nitrogens with zero attached hydrogens (tertiary/aromatic N) is 1. The van der Waals surface area contributed by atoms with Crippen LogP contribution in [0.2, 0.25) is 5.02 Å². The molecule has 20 heavy (non-hydrogen) atoms. The molecule has 0 aliphatic carbocycles. The second-order valence-corrected chi connectivity index (χ2v) is 4.54. The molecule has 6 nitrogen and oxygen atoms in total. The van der Waals surface area contributed by atoms with Gasteiger partial charge in [-0.1, -0.05) is 11.6 Å². The maximum atomic E-state index is 12.2. The maximum absolute atomic E-state index is 12.2. The first kappa shape index (κ1) is 12.6. The smallest absolute Gasteiger partial charge is 0.259 e. The van der Waals surface area contributed by atoms with Crippen molar-refractivity contribution in [2.24, 2.45) is 0 Å². The minimum absolute atomic E-state index is 0.124. The lowest BCUT2D eigenvalue weighted by Gasteiger charge is -2.08. The quantitative estimate of drug-likeness (QED) is 0.829. The zero-order chi connectivity index (χ0) is 14.1. The number of hydrogen-bond donors (Lipinski definition) is 2. The summed E-state index contributed by atoms with van der Waals surface area (Å²) in [6.45, 7) is 0.124. The molecule has 1 aromatic carbocycles. The number of nitrogens with one attached hydrogen (secondary N) is 1. The summed E-state index contributed by atoms with van der Waals surface area (Å²) in [4.78, 5) is 16.1. The molecule has 0 radical (unpaired) electrons. The summed E-state index contributed by atoms with van der Waals surface area (Å²) in [5.41, 5.74) is 6.44. The van der Waals surface area contributed by atoms with Gasteiger partial charge >= 0.3 is 0 Å². The number of anilines is 2. The molecule has 0 saturated heterocycles. The Kier molecular flexibility index (Phi) is 3.08. The van der Waals surface area contributed by atoms with Crippen LogP contribution in [0.5, 0.6) is 11.5 Å². The highest BCUT2D eigenvalue weighted by Gasteiger charge is 2.19. The Labute approximate surface area is 119 Å². The third kappa shape index (κ3) is 2.33. The van der Waals surface area contributed by atoms with Gasteiger partial charge in [0.2, 0.25) is 6.79 Å². The summed E-state index contributed by atoms with van der Waals surface area (Å²) in [7, 11) is 0. The fourth-order valence-electron chi connectivity index (χ4n) is 1.79. The first-order valence-corrected chi connectivity index (χ1v) is 6.13. The van der Waals surface area contributed by atoms with Crippen LogP contribution < -0.4 is 20.5 Å². The average molecular weight is 292 g/mol. The Morgan fingerprint density at radius 2 is 2.05 bits per heavy atom. The van der Waals surface area contributed by atoms with Gasteiger partial charge in [-0.05, 0) is 18.2 Å². The molecule has 0 atom stereocenters. The number of carbonyl (C=O) groups is 1. The molecule has 0 spiro atoms. The highest BCUT2D eigenvalue weighted by atomic mass is 35.5. The van der Waals surface area contributed by atoms with Crippen molar-refractivity contribution in [3.63, 3.8) is 0 Å². The van der Waals surface area contributed by atoms with Crippen molar-refractivity contribution < 1.29 is 14.3 Å². The van der Waals surface area contributed by atoms with Crippen LogP contribution in [0, 0.1) is 0 Å². The number of nitrogen functional groups attached to an aromatic ring is 1. The molecular formula is C13H10ClN3O3. The standard InChI is InChI=1S/C13H10ClN3O3/c14-7-1-2-12(16-5-7)17-13(18)8-3-10-11(4-9(8)15)20-6-19-10/h1-5H,6,15H2,(H,16,17,18). The van der Waals surface area contributed by atoms with Gasteiger partial charge in [0, 0.05) is 18.0 Å². The first-order chi connectivity index (χ1) is 9.63. The van der Waals surface area contributed by atoms with Gasteiger partial charge in [-0.15, -0.1) is 0 Å². The van der Waals surface area contributed by atoms with Crippen molar-refractivity contribution in [3.8, 4) is 11.5 Å². The molecule has 1 aliphatic rings. The molecule has 2 heterocycles. The van der Waals surface area contributed by atoms with E-state index in [2.05, 4.69) is 10.3 Å². The molecule has 1 aliphatic heterocycles. The van der Waals surface area contributed by atoms with E-state index in [1.54, 1.807) is 24.3 Å². The molecule has 3 rings (SSSR count). The van der Waals surface area contributed by atoms with Gasteiger partial charge in [-0.25, -0.2) is 4.98 Å².